The highest BCUT2D eigenvalue weighted by molar-refractivity contribution is 5.72. The van der Waals surface area contributed by atoms with Gasteiger partial charge in [0, 0.05) is 72.0 Å². The monoisotopic (exact) mass is 556 g/mol. The number of hydrogen-bond donors (Lipinski definition) is 0. The van der Waals surface area contributed by atoms with Crippen LogP contribution >= 0.6 is 0 Å². The maximum atomic E-state index is 12.9. The molecule has 0 bridgehead atoms. The third-order valence-electron chi connectivity index (χ3n) is 7.45. The van der Waals surface area contributed by atoms with Gasteiger partial charge in [-0.15, -0.1) is 0 Å². The maximum Gasteiger partial charge on any atom is 0.320 e. The van der Waals surface area contributed by atoms with Crippen molar-refractivity contribution in [1.29, 1.82) is 0 Å². The molecule has 3 aromatic rings. The smallest absolute Gasteiger partial charge is 0.320 e. The van der Waals surface area contributed by atoms with Gasteiger partial charge in [0.1, 0.15) is 5.60 Å². The van der Waals surface area contributed by atoms with Crippen molar-refractivity contribution < 1.29 is 9.53 Å². The number of nitrogens with zero attached hydrogens (tertiary/aromatic N) is 4. The van der Waals surface area contributed by atoms with Crippen molar-refractivity contribution in [2.75, 3.05) is 58.9 Å². The van der Waals surface area contributed by atoms with E-state index in [-0.39, 0.29) is 5.97 Å². The van der Waals surface area contributed by atoms with Crippen LogP contribution in [0.25, 0.3) is 0 Å². The zero-order chi connectivity index (χ0) is 28.9. The molecule has 0 aromatic heterocycles. The summed E-state index contributed by atoms with van der Waals surface area (Å²) in [4.78, 5) is 22.8. The van der Waals surface area contributed by atoms with Crippen molar-refractivity contribution in [1.82, 2.24) is 19.6 Å². The van der Waals surface area contributed by atoms with Crippen molar-refractivity contribution >= 4 is 5.97 Å². The number of hydrogen-bond acceptors (Lipinski definition) is 6. The minimum absolute atomic E-state index is 0.150. The van der Waals surface area contributed by atoms with E-state index in [1.807, 2.05) is 20.8 Å². The van der Waals surface area contributed by atoms with Gasteiger partial charge in [0.25, 0.3) is 0 Å². The molecule has 6 heteroatoms. The van der Waals surface area contributed by atoms with Gasteiger partial charge in [-0.2, -0.15) is 0 Å². The van der Waals surface area contributed by atoms with Gasteiger partial charge in [-0.1, -0.05) is 91.0 Å². The minimum atomic E-state index is -0.482. The fourth-order valence-electron chi connectivity index (χ4n) is 5.29. The Hall–Kier alpha value is -3.03. The van der Waals surface area contributed by atoms with Gasteiger partial charge in [0.05, 0.1) is 6.54 Å². The summed E-state index contributed by atoms with van der Waals surface area (Å²) in [6.45, 7) is 16.3. The molecule has 1 saturated heterocycles. The molecule has 220 valence electrons. The maximum absolute atomic E-state index is 12.9. The fourth-order valence-corrected chi connectivity index (χ4v) is 5.29. The summed E-state index contributed by atoms with van der Waals surface area (Å²) in [5.41, 5.74) is 3.51. The van der Waals surface area contributed by atoms with Crippen LogP contribution in [0.15, 0.2) is 91.0 Å². The van der Waals surface area contributed by atoms with Gasteiger partial charge in [0.2, 0.25) is 0 Å². The Morgan fingerprint density at radius 1 is 0.537 bits per heavy atom. The summed E-state index contributed by atoms with van der Waals surface area (Å²) < 4.78 is 5.71. The molecule has 0 saturated carbocycles. The highest BCUT2D eigenvalue weighted by Gasteiger charge is 2.22. The lowest BCUT2D eigenvalue weighted by Gasteiger charge is -2.34. The largest absolute Gasteiger partial charge is 0.459 e. The van der Waals surface area contributed by atoms with Crippen LogP contribution in [-0.4, -0.2) is 90.1 Å². The van der Waals surface area contributed by atoms with Crippen molar-refractivity contribution in [2.45, 2.75) is 46.0 Å². The number of rotatable bonds is 8. The molecule has 41 heavy (non-hydrogen) atoms. The number of carbonyl (C=O) groups is 1. The van der Waals surface area contributed by atoms with Crippen molar-refractivity contribution in [3.8, 4) is 0 Å². The normalized spacial score (nSPS) is 17.4. The third-order valence-corrected chi connectivity index (χ3v) is 7.45. The van der Waals surface area contributed by atoms with E-state index in [1.54, 1.807) is 0 Å². The Bertz CT molecular complexity index is 1090. The first kappa shape index (κ1) is 30.9. The van der Waals surface area contributed by atoms with Gasteiger partial charge in [-0.3, -0.25) is 24.4 Å². The van der Waals surface area contributed by atoms with Crippen LogP contribution in [-0.2, 0) is 29.2 Å². The summed E-state index contributed by atoms with van der Waals surface area (Å²) in [7, 11) is 0. The van der Waals surface area contributed by atoms with Crippen LogP contribution in [0.1, 0.15) is 37.5 Å². The lowest BCUT2D eigenvalue weighted by Crippen LogP contribution is -2.47. The zero-order valence-corrected chi connectivity index (χ0v) is 25.3. The Kier molecular flexibility index (Phi) is 11.9. The van der Waals surface area contributed by atoms with E-state index in [0.29, 0.717) is 6.54 Å². The van der Waals surface area contributed by atoms with Crippen molar-refractivity contribution in [3.63, 3.8) is 0 Å². The summed E-state index contributed by atoms with van der Waals surface area (Å²) in [5.74, 6) is -0.150. The molecule has 0 atom stereocenters. The molecule has 1 fully saturated rings. The molecule has 0 radical (unpaired) electrons. The average molecular weight is 557 g/mol. The highest BCUT2D eigenvalue weighted by Crippen LogP contribution is 2.12. The minimum Gasteiger partial charge on any atom is -0.459 e. The Morgan fingerprint density at radius 2 is 0.829 bits per heavy atom. The van der Waals surface area contributed by atoms with E-state index in [0.717, 1.165) is 72.0 Å². The second-order valence-electron chi connectivity index (χ2n) is 12.1. The predicted molar refractivity (Wildman–Crippen MR) is 167 cm³/mol. The van der Waals surface area contributed by atoms with Crippen LogP contribution in [0.3, 0.4) is 0 Å². The van der Waals surface area contributed by atoms with E-state index in [1.165, 1.54) is 16.7 Å². The molecule has 3 aromatic carbocycles. The van der Waals surface area contributed by atoms with Gasteiger partial charge < -0.3 is 4.74 Å². The van der Waals surface area contributed by atoms with Gasteiger partial charge in [0.15, 0.2) is 0 Å². The summed E-state index contributed by atoms with van der Waals surface area (Å²) >= 11 is 0. The second kappa shape index (κ2) is 15.8. The lowest BCUT2D eigenvalue weighted by molar-refractivity contribution is -0.156. The highest BCUT2D eigenvalue weighted by atomic mass is 16.6. The third kappa shape index (κ3) is 11.8. The van der Waals surface area contributed by atoms with Crippen molar-refractivity contribution in [2.24, 2.45) is 0 Å². The molecular formula is C35H48N4O2. The molecule has 0 unspecified atom stereocenters. The molecule has 6 nitrogen and oxygen atoms in total. The quantitative estimate of drug-likeness (QED) is 0.358. The van der Waals surface area contributed by atoms with Gasteiger partial charge in [-0.05, 0) is 37.5 Å². The molecule has 0 spiro atoms. The first-order valence-electron chi connectivity index (χ1n) is 15.1. The number of esters is 1. The Balaban J connectivity index is 1.51. The topological polar surface area (TPSA) is 39.3 Å². The van der Waals surface area contributed by atoms with Crippen LogP contribution in [0.4, 0.5) is 0 Å². The summed E-state index contributed by atoms with van der Waals surface area (Å²) in [5, 5.41) is 0. The Labute approximate surface area is 247 Å². The Morgan fingerprint density at radius 3 is 1.12 bits per heavy atom. The summed E-state index contributed by atoms with van der Waals surface area (Å²) in [6.07, 6.45) is 0. The second-order valence-corrected chi connectivity index (χ2v) is 12.1. The first-order chi connectivity index (χ1) is 19.8. The molecule has 0 amide bonds. The van der Waals surface area contributed by atoms with Crippen LogP contribution < -0.4 is 0 Å². The SMILES string of the molecule is CC(C)(C)OC(=O)CN1CCN(Cc2ccccc2)CCN(Cc2ccccc2)CCN(Cc2ccccc2)CC1. The molecule has 1 aliphatic heterocycles. The first-order valence-corrected chi connectivity index (χ1v) is 15.1. The molecule has 0 aliphatic carbocycles. The van der Waals surface area contributed by atoms with Gasteiger partial charge >= 0.3 is 5.97 Å². The van der Waals surface area contributed by atoms with Crippen LogP contribution in [0, 0.1) is 0 Å². The summed E-state index contributed by atoms with van der Waals surface area (Å²) in [6, 6.07) is 32.2. The number of benzene rings is 3. The standard InChI is InChI=1S/C35H48N4O2/c1-35(2,3)41-34(40)30-39-25-23-37(28-32-15-9-5-10-16-32)21-19-36(27-31-13-7-4-8-14-31)20-22-38(24-26-39)29-33-17-11-6-12-18-33/h4-18H,19-30H2,1-3H3. The lowest BCUT2D eigenvalue weighted by atomic mass is 10.2. The van der Waals surface area contributed by atoms with E-state index in [2.05, 4.69) is 111 Å². The van der Waals surface area contributed by atoms with Gasteiger partial charge in [-0.25, -0.2) is 0 Å². The van der Waals surface area contributed by atoms with E-state index < -0.39 is 5.60 Å². The zero-order valence-electron chi connectivity index (χ0n) is 25.3. The number of carbonyl (C=O) groups excluding carboxylic acids is 1. The van der Waals surface area contributed by atoms with Crippen LogP contribution in [0.5, 0.6) is 0 Å². The molecule has 1 aliphatic rings. The van der Waals surface area contributed by atoms with Crippen LogP contribution in [0.2, 0.25) is 0 Å². The van der Waals surface area contributed by atoms with E-state index >= 15 is 0 Å². The van der Waals surface area contributed by atoms with E-state index in [4.69, 9.17) is 4.74 Å². The molecular weight excluding hydrogens is 508 g/mol. The predicted octanol–water partition coefficient (Wildman–Crippen LogP) is 5.15. The average Bonchev–Trinajstić information content (AvgIpc) is 2.95. The van der Waals surface area contributed by atoms with Crippen molar-refractivity contribution in [3.05, 3.63) is 108 Å². The molecule has 1 heterocycles. The number of ether oxygens (including phenoxy) is 1. The molecule has 0 N–H and O–H groups in total. The van der Waals surface area contributed by atoms with E-state index in [9.17, 15) is 4.79 Å². The fraction of sp³-hybridized carbons (Fsp3) is 0.457. The molecule has 4 rings (SSSR count).